The number of aryl methyl sites for hydroxylation is 2. The number of hydrogen-bond donors (Lipinski definition) is 3. The van der Waals surface area contributed by atoms with Gasteiger partial charge >= 0.3 is 0 Å². The number of nitrogens with one attached hydrogen (secondary N) is 2. The number of amides is 1. The number of aromatic amines is 1. The first kappa shape index (κ1) is 20.9. The van der Waals surface area contributed by atoms with Crippen LogP contribution in [0.2, 0.25) is 0 Å². The molecular weight excluding hydrogens is 372 g/mol. The molecule has 0 aliphatic heterocycles. The lowest BCUT2D eigenvalue weighted by Gasteiger charge is -2.24. The minimum Gasteiger partial charge on any atom is -0.350 e. The molecular formula is C18H27ClN4O2S. The molecule has 1 aliphatic carbocycles. The number of hydrogen-bond acceptors (Lipinski definition) is 5. The summed E-state index contributed by atoms with van der Waals surface area (Å²) in [6, 6.07) is 0. The van der Waals surface area contributed by atoms with Gasteiger partial charge in [-0.1, -0.05) is 6.92 Å². The third kappa shape index (κ3) is 4.45. The molecule has 0 fully saturated rings. The molecule has 0 spiro atoms. The predicted octanol–water partition coefficient (Wildman–Crippen LogP) is 2.32. The monoisotopic (exact) mass is 398 g/mol. The van der Waals surface area contributed by atoms with E-state index in [4.69, 9.17) is 5.73 Å². The number of rotatable bonds is 5. The van der Waals surface area contributed by atoms with Crippen LogP contribution in [0.5, 0.6) is 0 Å². The van der Waals surface area contributed by atoms with Crippen molar-refractivity contribution in [3.05, 3.63) is 26.6 Å². The molecule has 0 aromatic carbocycles. The largest absolute Gasteiger partial charge is 0.350 e. The summed E-state index contributed by atoms with van der Waals surface area (Å²) in [6.07, 6.45) is 3.80. The summed E-state index contributed by atoms with van der Waals surface area (Å²) in [5.74, 6) is 1.15. The molecule has 4 N–H and O–H groups in total. The molecule has 0 bridgehead atoms. The second-order valence-corrected chi connectivity index (χ2v) is 8.76. The van der Waals surface area contributed by atoms with Crippen LogP contribution in [0.15, 0.2) is 4.79 Å². The van der Waals surface area contributed by atoms with E-state index in [0.717, 1.165) is 29.5 Å². The van der Waals surface area contributed by atoms with Gasteiger partial charge in [-0.3, -0.25) is 9.59 Å². The molecule has 0 radical (unpaired) electrons. The zero-order chi connectivity index (χ0) is 18.2. The summed E-state index contributed by atoms with van der Waals surface area (Å²) >= 11 is 1.63. The highest BCUT2D eigenvalue weighted by atomic mass is 35.5. The molecule has 1 amide bonds. The lowest BCUT2D eigenvalue weighted by atomic mass is 9.89. The first-order chi connectivity index (χ1) is 11.8. The number of fused-ring (bicyclic) bond motifs is 3. The molecule has 2 heterocycles. The fourth-order valence-electron chi connectivity index (χ4n) is 3.23. The lowest BCUT2D eigenvalue weighted by molar-refractivity contribution is -0.122. The Morgan fingerprint density at radius 3 is 2.88 bits per heavy atom. The van der Waals surface area contributed by atoms with Crippen LogP contribution in [0.25, 0.3) is 10.2 Å². The Balaban J connectivity index is 0.00000243. The van der Waals surface area contributed by atoms with Crippen molar-refractivity contribution in [2.75, 3.05) is 6.54 Å². The number of thiophene rings is 1. The van der Waals surface area contributed by atoms with E-state index in [1.807, 2.05) is 13.8 Å². The minimum atomic E-state index is -0.425. The third-order valence-electron chi connectivity index (χ3n) is 4.79. The Morgan fingerprint density at radius 2 is 2.19 bits per heavy atom. The van der Waals surface area contributed by atoms with Gasteiger partial charge < -0.3 is 16.0 Å². The Hall–Kier alpha value is -1.44. The summed E-state index contributed by atoms with van der Waals surface area (Å²) in [5.41, 5.74) is 6.31. The summed E-state index contributed by atoms with van der Waals surface area (Å²) < 4.78 is 0. The van der Waals surface area contributed by atoms with E-state index in [9.17, 15) is 9.59 Å². The molecule has 0 saturated carbocycles. The van der Waals surface area contributed by atoms with Gasteiger partial charge in [-0.2, -0.15) is 0 Å². The van der Waals surface area contributed by atoms with Gasteiger partial charge in [0.15, 0.2) is 0 Å². The van der Waals surface area contributed by atoms with Crippen LogP contribution in [-0.2, 0) is 24.1 Å². The van der Waals surface area contributed by atoms with Gasteiger partial charge in [-0.05, 0) is 44.6 Å². The highest BCUT2D eigenvalue weighted by Gasteiger charge is 2.23. The van der Waals surface area contributed by atoms with E-state index < -0.39 is 5.54 Å². The maximum Gasteiger partial charge on any atom is 0.259 e. The van der Waals surface area contributed by atoms with Crippen molar-refractivity contribution in [3.8, 4) is 0 Å². The summed E-state index contributed by atoms with van der Waals surface area (Å²) in [6.45, 7) is 6.39. The minimum absolute atomic E-state index is 0. The van der Waals surface area contributed by atoms with Crippen LogP contribution in [0, 0.1) is 5.92 Å². The Bertz CT molecular complexity index is 859. The lowest BCUT2D eigenvalue weighted by Crippen LogP contribution is -2.48. The zero-order valence-electron chi connectivity index (χ0n) is 15.5. The fourth-order valence-corrected chi connectivity index (χ4v) is 4.64. The summed E-state index contributed by atoms with van der Waals surface area (Å²) in [5, 5.41) is 3.65. The van der Waals surface area contributed by atoms with Crippen LogP contribution in [0.3, 0.4) is 0 Å². The number of aromatic nitrogens is 2. The number of carbonyl (C=O) groups excluding carboxylic acids is 1. The molecule has 8 heteroatoms. The highest BCUT2D eigenvalue weighted by molar-refractivity contribution is 7.18. The molecule has 6 nitrogen and oxygen atoms in total. The van der Waals surface area contributed by atoms with Crippen LogP contribution in [0.4, 0.5) is 0 Å². The SMILES string of the molecule is CC1CCc2c(sc3nc(CCC(=O)NC(C)(C)CN)[nH]c(=O)c23)C1.Cl. The maximum absolute atomic E-state index is 12.5. The predicted molar refractivity (Wildman–Crippen MR) is 108 cm³/mol. The Kier molecular flexibility index (Phi) is 6.47. The van der Waals surface area contributed by atoms with Crippen molar-refractivity contribution in [3.63, 3.8) is 0 Å². The molecule has 1 atom stereocenters. The second kappa shape index (κ2) is 8.06. The maximum atomic E-state index is 12.5. The second-order valence-electron chi connectivity index (χ2n) is 7.68. The molecule has 3 rings (SSSR count). The van der Waals surface area contributed by atoms with Crippen molar-refractivity contribution < 1.29 is 4.79 Å². The van der Waals surface area contributed by atoms with Crippen molar-refractivity contribution in [2.24, 2.45) is 11.7 Å². The van der Waals surface area contributed by atoms with Gasteiger partial charge in [0, 0.05) is 29.8 Å². The molecule has 1 aliphatic rings. The van der Waals surface area contributed by atoms with Crippen molar-refractivity contribution in [1.29, 1.82) is 0 Å². The number of halogens is 1. The average molecular weight is 399 g/mol. The van der Waals surface area contributed by atoms with Gasteiger partial charge in [-0.15, -0.1) is 23.7 Å². The van der Waals surface area contributed by atoms with Crippen molar-refractivity contribution in [2.45, 2.75) is 58.4 Å². The Morgan fingerprint density at radius 1 is 1.46 bits per heavy atom. The summed E-state index contributed by atoms with van der Waals surface area (Å²) in [4.78, 5) is 34.2. The smallest absolute Gasteiger partial charge is 0.259 e. The first-order valence-electron chi connectivity index (χ1n) is 8.83. The van der Waals surface area contributed by atoms with Gasteiger partial charge in [0.05, 0.1) is 5.39 Å². The normalized spacial score (nSPS) is 16.8. The molecule has 2 aromatic rings. The molecule has 2 aromatic heterocycles. The van der Waals surface area contributed by atoms with E-state index in [2.05, 4.69) is 22.2 Å². The van der Waals surface area contributed by atoms with E-state index in [-0.39, 0.29) is 30.3 Å². The van der Waals surface area contributed by atoms with Crippen LogP contribution < -0.4 is 16.6 Å². The quantitative estimate of drug-likeness (QED) is 0.719. The first-order valence-corrected chi connectivity index (χ1v) is 9.65. The van der Waals surface area contributed by atoms with Crippen LogP contribution >= 0.6 is 23.7 Å². The zero-order valence-corrected chi connectivity index (χ0v) is 17.1. The van der Waals surface area contributed by atoms with Gasteiger partial charge in [0.1, 0.15) is 10.7 Å². The molecule has 1 unspecified atom stereocenters. The van der Waals surface area contributed by atoms with E-state index in [0.29, 0.717) is 24.7 Å². The van der Waals surface area contributed by atoms with E-state index in [1.165, 1.54) is 10.4 Å². The fraction of sp³-hybridized carbons (Fsp3) is 0.611. The van der Waals surface area contributed by atoms with Crippen molar-refractivity contribution in [1.82, 2.24) is 15.3 Å². The standard InChI is InChI=1S/C18H26N4O2S.ClH/c1-10-4-5-11-12(8-10)25-17-15(11)16(24)20-13(21-17)6-7-14(23)22-18(2,3)9-19;/h10H,4-9,19H2,1-3H3,(H,22,23)(H,20,21,24);1H. The van der Waals surface area contributed by atoms with Gasteiger partial charge in [0.2, 0.25) is 5.91 Å². The third-order valence-corrected chi connectivity index (χ3v) is 5.94. The molecule has 144 valence electrons. The highest BCUT2D eigenvalue weighted by Crippen LogP contribution is 2.35. The topological polar surface area (TPSA) is 101 Å². The van der Waals surface area contributed by atoms with Crippen molar-refractivity contribution >= 4 is 39.9 Å². The Labute approximate surface area is 163 Å². The van der Waals surface area contributed by atoms with Gasteiger partial charge in [-0.25, -0.2) is 4.98 Å². The average Bonchev–Trinajstić information content (AvgIpc) is 2.90. The number of H-pyrrole nitrogens is 1. The number of nitrogens with two attached hydrogens (primary N) is 1. The number of carbonyl (C=O) groups is 1. The molecule has 0 saturated heterocycles. The van der Waals surface area contributed by atoms with E-state index in [1.54, 1.807) is 11.3 Å². The van der Waals surface area contributed by atoms with E-state index >= 15 is 0 Å². The van der Waals surface area contributed by atoms with Crippen LogP contribution in [0.1, 0.15) is 49.9 Å². The van der Waals surface area contributed by atoms with Gasteiger partial charge in [0.25, 0.3) is 5.56 Å². The summed E-state index contributed by atoms with van der Waals surface area (Å²) in [7, 11) is 0. The van der Waals surface area contributed by atoms with Crippen LogP contribution in [-0.4, -0.2) is 28.0 Å². The molecule has 26 heavy (non-hydrogen) atoms. The number of nitrogens with zero attached hydrogens (tertiary/aromatic N) is 1.